The molecule has 1 spiro atoms. The Morgan fingerprint density at radius 3 is 2.40 bits per heavy atom. The van der Waals surface area contributed by atoms with Crippen LogP contribution in [-0.4, -0.2) is 63.3 Å². The molecule has 3 aromatic rings. The summed E-state index contributed by atoms with van der Waals surface area (Å²) in [6.45, 7) is -0.0869. The standard InChI is InChI=1S/C28H17ClN4O9/c1-42-13-7-12(34)15-16(21(13)35)23(37)18-17(22(15)36)25(39)28(26(18)40)3-2-10-19(28)24(38)14-11(20(10)29)6-9(33-27(14)41)8-32-31-5-4-30/h6-8,31,36-38H,2-3,5H2,1H3,(H,33,41)/b32-8+/t28-/m0/s1. The molecule has 0 amide bonds. The number of aromatic hydroxyl groups is 3. The van der Waals surface area contributed by atoms with Crippen LogP contribution in [0.4, 0.5) is 0 Å². The van der Waals surface area contributed by atoms with Crippen LogP contribution < -0.4 is 11.0 Å². The van der Waals surface area contributed by atoms with E-state index < -0.39 is 79.4 Å². The van der Waals surface area contributed by atoms with Gasteiger partial charge in [-0.05, 0) is 24.5 Å². The predicted octanol–water partition coefficient (Wildman–Crippen LogP) is 1.92. The molecule has 3 aliphatic rings. The first-order valence-corrected chi connectivity index (χ1v) is 12.7. The Morgan fingerprint density at radius 2 is 1.76 bits per heavy atom. The van der Waals surface area contributed by atoms with Crippen molar-refractivity contribution < 1.29 is 39.2 Å². The maximum atomic E-state index is 14.1. The normalized spacial score (nSPS) is 18.8. The lowest BCUT2D eigenvalue weighted by Crippen LogP contribution is -2.36. The number of nitrogens with zero attached hydrogens (tertiary/aromatic N) is 2. The van der Waals surface area contributed by atoms with Crippen LogP contribution in [-0.2, 0) is 16.6 Å². The van der Waals surface area contributed by atoms with Gasteiger partial charge in [-0.1, -0.05) is 11.6 Å². The first kappa shape index (κ1) is 26.7. The topological polar surface area (TPSA) is 219 Å². The number of hydrazone groups is 1. The van der Waals surface area contributed by atoms with Crippen LogP contribution in [0.3, 0.4) is 0 Å². The monoisotopic (exact) mass is 588 g/mol. The lowest BCUT2D eigenvalue weighted by molar-refractivity contribution is 0.0790. The lowest BCUT2D eigenvalue weighted by Gasteiger charge is -2.23. The Bertz CT molecular complexity index is 2040. The van der Waals surface area contributed by atoms with E-state index in [2.05, 4.69) is 15.5 Å². The molecular weight excluding hydrogens is 572 g/mol. The van der Waals surface area contributed by atoms with Crippen molar-refractivity contribution in [2.24, 2.45) is 5.10 Å². The molecule has 0 radical (unpaired) electrons. The minimum Gasteiger partial charge on any atom is -0.507 e. The Kier molecular flexibility index (Phi) is 5.74. The summed E-state index contributed by atoms with van der Waals surface area (Å²) in [5, 5.41) is 45.8. The van der Waals surface area contributed by atoms with Gasteiger partial charge in [0.05, 0.1) is 57.8 Å². The maximum Gasteiger partial charge on any atom is 0.260 e. The summed E-state index contributed by atoms with van der Waals surface area (Å²) in [5.74, 6) is -7.10. The summed E-state index contributed by atoms with van der Waals surface area (Å²) >= 11 is 6.69. The molecule has 5 N–H and O–H groups in total. The number of nitriles is 1. The molecule has 210 valence electrons. The second kappa shape index (κ2) is 9.02. The van der Waals surface area contributed by atoms with E-state index in [9.17, 15) is 39.3 Å². The van der Waals surface area contributed by atoms with Crippen molar-refractivity contribution in [1.29, 1.82) is 5.26 Å². The first-order valence-electron chi connectivity index (χ1n) is 12.3. The van der Waals surface area contributed by atoms with Gasteiger partial charge in [0.15, 0.2) is 23.1 Å². The van der Waals surface area contributed by atoms with E-state index >= 15 is 0 Å². The molecule has 0 bridgehead atoms. The summed E-state index contributed by atoms with van der Waals surface area (Å²) < 4.78 is 4.90. The zero-order chi connectivity index (χ0) is 30.2. The molecule has 42 heavy (non-hydrogen) atoms. The van der Waals surface area contributed by atoms with Crippen molar-refractivity contribution in [3.05, 3.63) is 72.4 Å². The summed E-state index contributed by atoms with van der Waals surface area (Å²) in [6.07, 6.45) is 1.74. The summed E-state index contributed by atoms with van der Waals surface area (Å²) in [5.41, 5.74) is -3.23. The van der Waals surface area contributed by atoms with E-state index in [1.165, 1.54) is 12.3 Å². The van der Waals surface area contributed by atoms with Gasteiger partial charge in [-0.15, -0.1) is 0 Å². The van der Waals surface area contributed by atoms with Gasteiger partial charge in [0.2, 0.25) is 5.78 Å². The number of hydrogen-bond acceptors (Lipinski definition) is 12. The van der Waals surface area contributed by atoms with Crippen LogP contribution in [0.25, 0.3) is 10.8 Å². The molecule has 13 nitrogen and oxygen atoms in total. The van der Waals surface area contributed by atoms with Gasteiger partial charge >= 0.3 is 0 Å². The number of fused-ring (bicyclic) bond motifs is 5. The number of rotatable bonds is 4. The van der Waals surface area contributed by atoms with Crippen LogP contribution >= 0.6 is 11.6 Å². The number of pyridine rings is 1. The van der Waals surface area contributed by atoms with Gasteiger partial charge in [0.25, 0.3) is 5.56 Å². The number of phenols is 3. The van der Waals surface area contributed by atoms with Crippen LogP contribution in [0.2, 0.25) is 5.02 Å². The number of benzene rings is 2. The van der Waals surface area contributed by atoms with Crippen molar-refractivity contribution >= 4 is 51.7 Å². The SMILES string of the molecule is COC1=CC(=O)c2c(O)c3c(c(O)c2C1=O)C(=O)[C@]1(CCc2c1c(O)c1c(=O)[nH]c(/C=N/NCC#N)cc1c2Cl)C3=O. The molecular formula is C28H17ClN4O9. The highest BCUT2D eigenvalue weighted by molar-refractivity contribution is 6.41. The van der Waals surface area contributed by atoms with Crippen molar-refractivity contribution in [1.82, 2.24) is 10.4 Å². The number of Topliss-reactive ketones (excluding diaryl/α,β-unsaturated/α-hetero) is 3. The largest absolute Gasteiger partial charge is 0.507 e. The number of carbonyl (C=O) groups excluding carboxylic acids is 4. The zero-order valence-electron chi connectivity index (χ0n) is 21.4. The molecule has 0 saturated carbocycles. The van der Waals surface area contributed by atoms with Gasteiger partial charge in [-0.3, -0.25) is 29.4 Å². The third-order valence-corrected chi connectivity index (χ3v) is 8.25. The van der Waals surface area contributed by atoms with Crippen molar-refractivity contribution in [3.63, 3.8) is 0 Å². The number of aromatic amines is 1. The number of carbonyl (C=O) groups is 4. The number of H-pyrrole nitrogens is 1. The number of aromatic nitrogens is 1. The fraction of sp³-hybridized carbons (Fsp3) is 0.179. The molecule has 14 heteroatoms. The molecule has 6 rings (SSSR count). The number of allylic oxidation sites excluding steroid dienone is 2. The Balaban J connectivity index is 1.59. The molecule has 1 aromatic heterocycles. The number of nitrogens with one attached hydrogen (secondary N) is 2. The van der Waals surface area contributed by atoms with E-state index in [4.69, 9.17) is 21.6 Å². The van der Waals surface area contributed by atoms with Crippen LogP contribution in [0.15, 0.2) is 27.8 Å². The fourth-order valence-electron chi connectivity index (χ4n) is 6.07. The predicted molar refractivity (Wildman–Crippen MR) is 145 cm³/mol. The van der Waals surface area contributed by atoms with Gasteiger partial charge in [-0.2, -0.15) is 10.4 Å². The average molecular weight is 589 g/mol. The molecule has 3 aliphatic carbocycles. The maximum absolute atomic E-state index is 14.1. The van der Waals surface area contributed by atoms with E-state index in [1.807, 2.05) is 6.07 Å². The van der Waals surface area contributed by atoms with Crippen molar-refractivity contribution in [2.45, 2.75) is 18.3 Å². The van der Waals surface area contributed by atoms with Gasteiger partial charge in [0, 0.05) is 17.0 Å². The quantitative estimate of drug-likeness (QED) is 0.0739. The molecule has 1 heterocycles. The van der Waals surface area contributed by atoms with E-state index in [-0.39, 0.29) is 52.0 Å². The average Bonchev–Trinajstić information content (AvgIpc) is 3.47. The number of halogens is 1. The second-order valence-electron chi connectivity index (χ2n) is 9.78. The van der Waals surface area contributed by atoms with Crippen molar-refractivity contribution in [3.8, 4) is 23.3 Å². The van der Waals surface area contributed by atoms with Gasteiger partial charge in [-0.25, -0.2) is 0 Å². The minimum atomic E-state index is -2.21. The summed E-state index contributed by atoms with van der Waals surface area (Å²) in [4.78, 5) is 69.5. The smallest absolute Gasteiger partial charge is 0.260 e. The molecule has 0 saturated heterocycles. The third-order valence-electron chi connectivity index (χ3n) is 7.82. The van der Waals surface area contributed by atoms with E-state index in [0.29, 0.717) is 0 Å². The summed E-state index contributed by atoms with van der Waals surface area (Å²) in [6, 6.07) is 3.24. The number of ether oxygens (including phenoxy) is 1. The second-order valence-corrected chi connectivity index (χ2v) is 10.2. The molecule has 1 atom stereocenters. The fourth-order valence-corrected chi connectivity index (χ4v) is 6.41. The number of methoxy groups -OCH3 is 1. The Morgan fingerprint density at radius 1 is 1.10 bits per heavy atom. The molecule has 0 aliphatic heterocycles. The van der Waals surface area contributed by atoms with Crippen molar-refractivity contribution in [2.75, 3.05) is 13.7 Å². The summed E-state index contributed by atoms with van der Waals surface area (Å²) in [7, 11) is 1.12. The van der Waals surface area contributed by atoms with Crippen LogP contribution in [0, 0.1) is 11.3 Å². The highest BCUT2D eigenvalue weighted by Gasteiger charge is 2.62. The first-order chi connectivity index (χ1) is 20.0. The Labute approximate surface area is 239 Å². The molecule has 0 unspecified atom stereocenters. The Hall–Kier alpha value is -5.48. The molecule has 0 fully saturated rings. The number of phenolic OH excluding ortho intramolecular Hbond substituents is 3. The number of ketones is 4. The van der Waals surface area contributed by atoms with Gasteiger partial charge < -0.3 is 25.0 Å². The van der Waals surface area contributed by atoms with E-state index in [0.717, 1.165) is 13.2 Å². The van der Waals surface area contributed by atoms with Crippen LogP contribution in [0.1, 0.15) is 64.7 Å². The van der Waals surface area contributed by atoms with Gasteiger partial charge in [0.1, 0.15) is 29.2 Å². The third kappa shape index (κ3) is 3.18. The molecule has 2 aromatic carbocycles. The highest BCUT2D eigenvalue weighted by atomic mass is 35.5. The lowest BCUT2D eigenvalue weighted by atomic mass is 9.76. The minimum absolute atomic E-state index is 0.0163. The highest BCUT2D eigenvalue weighted by Crippen LogP contribution is 2.58. The number of hydrogen-bond donors (Lipinski definition) is 5. The zero-order valence-corrected chi connectivity index (χ0v) is 22.2. The van der Waals surface area contributed by atoms with E-state index in [1.54, 1.807) is 0 Å². The van der Waals surface area contributed by atoms with Crippen LogP contribution in [0.5, 0.6) is 17.2 Å².